The number of fused-ring (bicyclic) bond motifs is 17. The summed E-state index contributed by atoms with van der Waals surface area (Å²) < 4.78 is 10.2. The Bertz CT molecular complexity index is 4860. The molecule has 0 saturated carbocycles. The van der Waals surface area contributed by atoms with Crippen molar-refractivity contribution in [2.24, 2.45) is 0 Å². The van der Waals surface area contributed by atoms with Crippen LogP contribution >= 0.6 is 0 Å². The van der Waals surface area contributed by atoms with E-state index in [4.69, 9.17) is 0 Å². The lowest BCUT2D eigenvalue weighted by molar-refractivity contribution is 0.766. The van der Waals surface area contributed by atoms with Crippen molar-refractivity contribution in [1.82, 2.24) is 18.3 Å². The van der Waals surface area contributed by atoms with Gasteiger partial charge in [-0.1, -0.05) is 194 Å². The Balaban J connectivity index is 0.965. The van der Waals surface area contributed by atoms with E-state index in [0.29, 0.717) is 0 Å². The van der Waals surface area contributed by atoms with Gasteiger partial charge in [0.15, 0.2) is 0 Å². The van der Waals surface area contributed by atoms with Gasteiger partial charge in [0.1, 0.15) is 0 Å². The first-order valence-electron chi connectivity index (χ1n) is 27.0. The first kappa shape index (κ1) is 42.5. The molecular weight excluding hydrogens is 933 g/mol. The number of aromatic nitrogens is 4. The van der Waals surface area contributed by atoms with Crippen LogP contribution in [0.3, 0.4) is 0 Å². The fourth-order valence-corrected chi connectivity index (χ4v) is 14.3. The zero-order valence-electron chi connectivity index (χ0n) is 42.1. The van der Waals surface area contributed by atoms with Crippen molar-refractivity contribution < 1.29 is 0 Å². The van der Waals surface area contributed by atoms with Gasteiger partial charge in [0.05, 0.1) is 49.9 Å². The molecule has 2 aliphatic carbocycles. The van der Waals surface area contributed by atoms with E-state index in [2.05, 4.69) is 285 Å². The third-order valence-corrected chi connectivity index (χ3v) is 17.3. The number of nitrogens with zero attached hydrogens (tertiary/aromatic N) is 4. The molecule has 360 valence electrons. The lowest BCUT2D eigenvalue weighted by Gasteiger charge is -2.34. The molecule has 0 saturated heterocycles. The molecule has 0 aliphatic heterocycles. The Hall–Kier alpha value is -9.90. The Labute approximate surface area is 445 Å². The molecule has 0 radical (unpaired) electrons. The van der Waals surface area contributed by atoms with Crippen LogP contribution in [-0.4, -0.2) is 18.3 Å². The van der Waals surface area contributed by atoms with Crippen LogP contribution in [0.5, 0.6) is 0 Å². The van der Waals surface area contributed by atoms with Gasteiger partial charge in [-0.05, 0) is 130 Å². The maximum absolute atomic E-state index is 2.60. The molecule has 0 N–H and O–H groups in total. The van der Waals surface area contributed by atoms with Crippen LogP contribution < -0.4 is 0 Å². The highest BCUT2D eigenvalue weighted by molar-refractivity contribution is 6.24. The van der Waals surface area contributed by atoms with Crippen molar-refractivity contribution >= 4 is 65.4 Å². The van der Waals surface area contributed by atoms with E-state index in [-0.39, 0.29) is 0 Å². The van der Waals surface area contributed by atoms with Crippen LogP contribution in [0, 0.1) is 0 Å². The monoisotopic (exact) mass is 980 g/mol. The summed E-state index contributed by atoms with van der Waals surface area (Å²) in [7, 11) is 0. The third-order valence-electron chi connectivity index (χ3n) is 17.3. The second-order valence-corrected chi connectivity index (χ2v) is 21.0. The summed E-state index contributed by atoms with van der Waals surface area (Å²) in [4.78, 5) is 0. The second-order valence-electron chi connectivity index (χ2n) is 21.0. The molecule has 4 aromatic heterocycles. The van der Waals surface area contributed by atoms with Crippen molar-refractivity contribution in [3.05, 3.63) is 300 Å². The van der Waals surface area contributed by atoms with E-state index in [1.165, 1.54) is 127 Å². The molecule has 0 spiro atoms. The molecule has 17 rings (SSSR count). The van der Waals surface area contributed by atoms with Gasteiger partial charge in [0.2, 0.25) is 0 Å². The Kier molecular flexibility index (Phi) is 8.85. The molecule has 4 nitrogen and oxygen atoms in total. The maximum atomic E-state index is 2.60. The van der Waals surface area contributed by atoms with Gasteiger partial charge in [-0.15, -0.1) is 0 Å². The lowest BCUT2D eigenvalue weighted by atomic mass is 9.67. The Morgan fingerprint density at radius 1 is 0.260 bits per heavy atom. The fraction of sp³-hybridized carbons (Fsp3) is 0.0411. The number of hydrogen-bond donors (Lipinski definition) is 0. The van der Waals surface area contributed by atoms with E-state index in [9.17, 15) is 0 Å². The zero-order chi connectivity index (χ0) is 50.3. The number of para-hydroxylation sites is 6. The van der Waals surface area contributed by atoms with Gasteiger partial charge >= 0.3 is 0 Å². The molecule has 77 heavy (non-hydrogen) atoms. The van der Waals surface area contributed by atoms with Crippen LogP contribution in [-0.2, 0) is 18.3 Å². The Morgan fingerprint density at radius 3 is 1.05 bits per heavy atom. The van der Waals surface area contributed by atoms with Gasteiger partial charge < -0.3 is 18.3 Å². The number of aryl methyl sites for hydroxylation is 2. The third kappa shape index (κ3) is 5.71. The van der Waals surface area contributed by atoms with Crippen LogP contribution in [0.25, 0.3) is 111 Å². The van der Waals surface area contributed by atoms with E-state index in [1.54, 1.807) is 0 Å². The first-order valence-corrected chi connectivity index (χ1v) is 27.0. The summed E-state index contributed by atoms with van der Waals surface area (Å²) in [5.74, 6) is 0. The minimum Gasteiger partial charge on any atom is -0.307 e. The lowest BCUT2D eigenvalue weighted by Crippen LogP contribution is -2.29. The fourth-order valence-electron chi connectivity index (χ4n) is 14.3. The number of rotatable bonds is 6. The largest absolute Gasteiger partial charge is 0.307 e. The summed E-state index contributed by atoms with van der Waals surface area (Å²) in [5, 5.41) is 7.59. The van der Waals surface area contributed by atoms with Crippen LogP contribution in [0.15, 0.2) is 267 Å². The van der Waals surface area contributed by atoms with E-state index < -0.39 is 5.41 Å². The van der Waals surface area contributed by atoms with E-state index in [1.807, 2.05) is 0 Å². The number of hydrogen-bond acceptors (Lipinski definition) is 0. The van der Waals surface area contributed by atoms with Gasteiger partial charge in [-0.25, -0.2) is 0 Å². The molecule has 0 bridgehead atoms. The normalized spacial score (nSPS) is 13.5. The average molecular weight is 981 g/mol. The van der Waals surface area contributed by atoms with E-state index >= 15 is 0 Å². The number of benzene rings is 11. The van der Waals surface area contributed by atoms with Gasteiger partial charge in [-0.2, -0.15) is 0 Å². The summed E-state index contributed by atoms with van der Waals surface area (Å²) in [5.41, 5.74) is 24.1. The van der Waals surface area contributed by atoms with Crippen LogP contribution in [0.4, 0.5) is 0 Å². The highest BCUT2D eigenvalue weighted by atomic mass is 15.1. The molecule has 4 heteroatoms. The molecule has 4 heterocycles. The van der Waals surface area contributed by atoms with Gasteiger partial charge in [0, 0.05) is 55.1 Å². The second kappa shape index (κ2) is 16.1. The first-order chi connectivity index (χ1) is 38.3. The van der Waals surface area contributed by atoms with Gasteiger partial charge in [0.25, 0.3) is 0 Å². The van der Waals surface area contributed by atoms with Crippen molar-refractivity contribution in [3.8, 4) is 45.3 Å². The quantitative estimate of drug-likeness (QED) is 0.158. The minimum atomic E-state index is -0.681. The molecule has 0 amide bonds. The summed E-state index contributed by atoms with van der Waals surface area (Å²) in [6.45, 7) is 0. The SMILES string of the molecule is c1ccc(-n2c3c(c4ccccc42)CCc2c-3n(-c3ccc4c(c3)C(c3ccccc3)(c3ccccc3)c3cc(-n5c6ccccc6c6ccc7c8ccccc8n(-c8ccccc8)c7c65)ccc3-4)c3ccccc23)cc1. The minimum absolute atomic E-state index is 0.681. The van der Waals surface area contributed by atoms with Crippen molar-refractivity contribution in [1.29, 1.82) is 0 Å². The van der Waals surface area contributed by atoms with E-state index in [0.717, 1.165) is 29.9 Å². The molecule has 0 fully saturated rings. The summed E-state index contributed by atoms with van der Waals surface area (Å²) in [6.07, 6.45) is 1.95. The molecule has 11 aromatic carbocycles. The van der Waals surface area contributed by atoms with Crippen molar-refractivity contribution in [2.45, 2.75) is 18.3 Å². The molecule has 2 aliphatic rings. The van der Waals surface area contributed by atoms with Crippen molar-refractivity contribution in [3.63, 3.8) is 0 Å². The average Bonchev–Trinajstić information content (AvgIpc) is 4.32. The van der Waals surface area contributed by atoms with Crippen LogP contribution in [0.2, 0.25) is 0 Å². The summed E-state index contributed by atoms with van der Waals surface area (Å²) in [6, 6.07) is 99.8. The smallest absolute Gasteiger partial charge is 0.0788 e. The molecular formula is C73H48N4. The molecule has 0 atom stereocenters. The standard InChI is InChI=1S/C73H48N4/c1-5-21-47(22-6-1)73(48-23-7-2-8-24-48)63-45-51(76-67-35-19-15-31-57(67)61-43-41-59-55-29-13-17-33-65(55)74(69(59)71(61)76)49-25-9-3-10-26-49)37-39-53(63)54-40-38-52(46-64(54)73)77-68-36-20-16-32-58(68)62-44-42-60-56-30-14-18-34-66(56)75(70(60)72(62)77)50-27-11-4-12-28-50/h1-41,43,45-46H,42,44H2. The Morgan fingerprint density at radius 2 is 0.597 bits per heavy atom. The maximum Gasteiger partial charge on any atom is 0.0788 e. The highest BCUT2D eigenvalue weighted by Gasteiger charge is 2.47. The predicted molar refractivity (Wildman–Crippen MR) is 319 cm³/mol. The van der Waals surface area contributed by atoms with Crippen LogP contribution in [0.1, 0.15) is 33.4 Å². The van der Waals surface area contributed by atoms with Crippen molar-refractivity contribution in [2.75, 3.05) is 0 Å². The predicted octanol–water partition coefficient (Wildman–Crippen LogP) is 17.9. The summed E-state index contributed by atoms with van der Waals surface area (Å²) >= 11 is 0. The topological polar surface area (TPSA) is 19.7 Å². The highest BCUT2D eigenvalue weighted by Crippen LogP contribution is 2.58. The molecule has 15 aromatic rings. The van der Waals surface area contributed by atoms with Gasteiger partial charge in [-0.3, -0.25) is 0 Å². The zero-order valence-corrected chi connectivity index (χ0v) is 42.1. The molecule has 0 unspecified atom stereocenters.